The van der Waals surface area contributed by atoms with E-state index in [9.17, 15) is 9.59 Å². The molecule has 1 heterocycles. The number of ether oxygens (including phenoxy) is 2. The Labute approximate surface area is 171 Å². The number of benzene rings is 2. The molecule has 1 unspecified atom stereocenters. The van der Waals surface area contributed by atoms with Gasteiger partial charge < -0.3 is 19.7 Å². The molecule has 1 saturated heterocycles. The molecule has 29 heavy (non-hydrogen) atoms. The van der Waals surface area contributed by atoms with E-state index in [1.54, 1.807) is 19.1 Å². The molecule has 0 bridgehead atoms. The third kappa shape index (κ3) is 5.08. The molecule has 0 spiro atoms. The van der Waals surface area contributed by atoms with Crippen molar-refractivity contribution in [3.05, 3.63) is 53.6 Å². The molecule has 0 radical (unpaired) electrons. The summed E-state index contributed by atoms with van der Waals surface area (Å²) in [6, 6.07) is 13.7. The summed E-state index contributed by atoms with van der Waals surface area (Å²) < 4.78 is 10.5. The molecule has 1 aliphatic rings. The highest BCUT2D eigenvalue weighted by molar-refractivity contribution is 6.01. The second kappa shape index (κ2) is 9.45. The van der Waals surface area contributed by atoms with E-state index in [1.165, 1.54) is 5.56 Å². The summed E-state index contributed by atoms with van der Waals surface area (Å²) in [6.07, 6.45) is 1.94. The van der Waals surface area contributed by atoms with Gasteiger partial charge in [0.05, 0.1) is 25.8 Å². The van der Waals surface area contributed by atoms with E-state index in [2.05, 4.69) is 5.32 Å². The maximum Gasteiger partial charge on any atom is 0.227 e. The van der Waals surface area contributed by atoms with E-state index in [4.69, 9.17) is 9.47 Å². The summed E-state index contributed by atoms with van der Waals surface area (Å²) >= 11 is 0. The van der Waals surface area contributed by atoms with E-state index in [-0.39, 0.29) is 24.2 Å². The molecule has 1 fully saturated rings. The zero-order chi connectivity index (χ0) is 20.8. The Hall–Kier alpha value is -3.02. The topological polar surface area (TPSA) is 67.9 Å². The molecular weight excluding hydrogens is 368 g/mol. The average Bonchev–Trinajstić information content (AvgIpc) is 3.13. The summed E-state index contributed by atoms with van der Waals surface area (Å²) in [5, 5.41) is 2.98. The van der Waals surface area contributed by atoms with Crippen LogP contribution in [0.15, 0.2) is 42.5 Å². The molecule has 1 aliphatic heterocycles. The van der Waals surface area contributed by atoms with Crippen LogP contribution in [0, 0.1) is 12.8 Å². The number of carbonyl (C=O) groups is 2. The second-order valence-electron chi connectivity index (χ2n) is 7.32. The zero-order valence-electron chi connectivity index (χ0n) is 17.2. The van der Waals surface area contributed by atoms with Crippen molar-refractivity contribution in [2.24, 2.45) is 5.92 Å². The highest BCUT2D eigenvalue weighted by Crippen LogP contribution is 2.33. The zero-order valence-corrected chi connectivity index (χ0v) is 17.2. The summed E-state index contributed by atoms with van der Waals surface area (Å²) in [6.45, 7) is 2.93. The van der Waals surface area contributed by atoms with Gasteiger partial charge >= 0.3 is 0 Å². The van der Waals surface area contributed by atoms with Gasteiger partial charge in [-0.2, -0.15) is 0 Å². The van der Waals surface area contributed by atoms with Crippen LogP contribution in [0.2, 0.25) is 0 Å². The molecule has 0 aromatic heterocycles. The molecule has 0 saturated carbocycles. The van der Waals surface area contributed by atoms with Gasteiger partial charge in [0.15, 0.2) is 0 Å². The highest BCUT2D eigenvalue weighted by Gasteiger charge is 2.36. The van der Waals surface area contributed by atoms with Gasteiger partial charge in [-0.05, 0) is 55.2 Å². The molecule has 0 aliphatic carbocycles. The molecular formula is C23H28N2O4. The van der Waals surface area contributed by atoms with Crippen molar-refractivity contribution in [1.82, 2.24) is 5.32 Å². The number of anilines is 1. The summed E-state index contributed by atoms with van der Waals surface area (Å²) in [5.74, 6) is 1.02. The fourth-order valence-corrected chi connectivity index (χ4v) is 3.57. The number of nitrogens with one attached hydrogen (secondary N) is 1. The highest BCUT2D eigenvalue weighted by atomic mass is 16.5. The van der Waals surface area contributed by atoms with Crippen LogP contribution in [-0.2, 0) is 16.0 Å². The minimum atomic E-state index is -0.339. The number of methoxy groups -OCH3 is 2. The van der Waals surface area contributed by atoms with Crippen molar-refractivity contribution in [3.8, 4) is 11.5 Å². The maximum absolute atomic E-state index is 12.5. The summed E-state index contributed by atoms with van der Waals surface area (Å²) in [7, 11) is 3.23. The van der Waals surface area contributed by atoms with E-state index >= 15 is 0 Å². The van der Waals surface area contributed by atoms with Gasteiger partial charge in [0.2, 0.25) is 11.8 Å². The fourth-order valence-electron chi connectivity index (χ4n) is 3.57. The van der Waals surface area contributed by atoms with Crippen molar-refractivity contribution in [1.29, 1.82) is 0 Å². The van der Waals surface area contributed by atoms with Crippen LogP contribution in [0.3, 0.4) is 0 Å². The number of rotatable bonds is 8. The molecule has 6 heteroatoms. The van der Waals surface area contributed by atoms with E-state index < -0.39 is 0 Å². The number of aryl methyl sites for hydroxylation is 2. The average molecular weight is 396 g/mol. The van der Waals surface area contributed by atoms with Crippen molar-refractivity contribution in [3.63, 3.8) is 0 Å². The van der Waals surface area contributed by atoms with Gasteiger partial charge in [-0.25, -0.2) is 0 Å². The molecule has 2 aromatic rings. The van der Waals surface area contributed by atoms with E-state index in [1.807, 2.05) is 49.4 Å². The minimum Gasteiger partial charge on any atom is -0.497 e. The third-order valence-electron chi connectivity index (χ3n) is 5.22. The molecule has 2 aromatic carbocycles. The smallest absolute Gasteiger partial charge is 0.227 e. The third-order valence-corrected chi connectivity index (χ3v) is 5.22. The molecule has 154 valence electrons. The lowest BCUT2D eigenvalue weighted by Gasteiger charge is -2.20. The first kappa shape index (κ1) is 20.7. The van der Waals surface area contributed by atoms with Crippen LogP contribution >= 0.6 is 0 Å². The lowest BCUT2D eigenvalue weighted by Crippen LogP contribution is -2.33. The number of hydrogen-bond acceptors (Lipinski definition) is 4. The largest absolute Gasteiger partial charge is 0.497 e. The quantitative estimate of drug-likeness (QED) is 0.696. The van der Waals surface area contributed by atoms with Crippen molar-refractivity contribution < 1.29 is 19.1 Å². The summed E-state index contributed by atoms with van der Waals surface area (Å²) in [4.78, 5) is 26.7. The maximum atomic E-state index is 12.5. The molecule has 3 rings (SSSR count). The Morgan fingerprint density at radius 1 is 1.14 bits per heavy atom. The normalized spacial score (nSPS) is 16.0. The van der Waals surface area contributed by atoms with E-state index in [0.29, 0.717) is 18.8 Å². The number of hydrogen-bond donors (Lipinski definition) is 1. The van der Waals surface area contributed by atoms with Gasteiger partial charge in [-0.1, -0.05) is 18.2 Å². The standard InChI is InChI=1S/C23H28N2O4/c1-16-6-11-21(29-3)20(13-16)25-15-18(14-22(25)26)23(27)24-12-4-5-17-7-9-19(28-2)10-8-17/h6-11,13,18H,4-5,12,14-15H2,1-3H3,(H,24,27). The van der Waals surface area contributed by atoms with Crippen molar-refractivity contribution in [2.45, 2.75) is 26.2 Å². The lowest BCUT2D eigenvalue weighted by atomic mass is 10.1. The van der Waals surface area contributed by atoms with Crippen LogP contribution in [0.1, 0.15) is 24.0 Å². The SMILES string of the molecule is COc1ccc(CCCNC(=O)C2CC(=O)N(c3cc(C)ccc3OC)C2)cc1. The Morgan fingerprint density at radius 2 is 1.90 bits per heavy atom. The molecule has 6 nitrogen and oxygen atoms in total. The van der Waals surface area contributed by atoms with Crippen LogP contribution in [0.5, 0.6) is 11.5 Å². The van der Waals surface area contributed by atoms with Gasteiger partial charge in [0, 0.05) is 19.5 Å². The monoisotopic (exact) mass is 396 g/mol. The number of carbonyl (C=O) groups excluding carboxylic acids is 2. The minimum absolute atomic E-state index is 0.0488. The van der Waals surface area contributed by atoms with Crippen molar-refractivity contribution in [2.75, 3.05) is 32.2 Å². The molecule has 1 N–H and O–H groups in total. The van der Waals surface area contributed by atoms with Gasteiger partial charge in [0.1, 0.15) is 11.5 Å². The van der Waals surface area contributed by atoms with Crippen LogP contribution in [0.25, 0.3) is 0 Å². The van der Waals surface area contributed by atoms with Crippen LogP contribution in [0.4, 0.5) is 5.69 Å². The lowest BCUT2D eigenvalue weighted by molar-refractivity contribution is -0.126. The first-order chi connectivity index (χ1) is 14.0. The fraction of sp³-hybridized carbons (Fsp3) is 0.391. The Kier molecular flexibility index (Phi) is 6.75. The van der Waals surface area contributed by atoms with Gasteiger partial charge in [-0.15, -0.1) is 0 Å². The predicted octanol–water partition coefficient (Wildman–Crippen LogP) is 3.11. The van der Waals surface area contributed by atoms with Crippen LogP contribution in [-0.4, -0.2) is 39.1 Å². The van der Waals surface area contributed by atoms with Crippen LogP contribution < -0.4 is 19.7 Å². The molecule has 1 atom stereocenters. The Balaban J connectivity index is 1.50. The second-order valence-corrected chi connectivity index (χ2v) is 7.32. The predicted molar refractivity (Wildman–Crippen MR) is 113 cm³/mol. The van der Waals surface area contributed by atoms with Gasteiger partial charge in [0.25, 0.3) is 0 Å². The number of amides is 2. The van der Waals surface area contributed by atoms with Crippen molar-refractivity contribution >= 4 is 17.5 Å². The molecule has 2 amide bonds. The Bertz CT molecular complexity index is 864. The summed E-state index contributed by atoms with van der Waals surface area (Å²) in [5.41, 5.74) is 2.97. The first-order valence-corrected chi connectivity index (χ1v) is 9.87. The Morgan fingerprint density at radius 3 is 2.59 bits per heavy atom. The number of nitrogens with zero attached hydrogens (tertiary/aromatic N) is 1. The van der Waals surface area contributed by atoms with E-state index in [0.717, 1.165) is 29.8 Å². The van der Waals surface area contributed by atoms with Gasteiger partial charge in [-0.3, -0.25) is 9.59 Å². The first-order valence-electron chi connectivity index (χ1n) is 9.87.